The molecule has 0 saturated heterocycles. The lowest BCUT2D eigenvalue weighted by molar-refractivity contribution is -0.191. The van der Waals surface area contributed by atoms with Crippen LogP contribution in [0.2, 0.25) is 5.02 Å². The van der Waals surface area contributed by atoms with Crippen molar-refractivity contribution in [2.45, 2.75) is 6.61 Å². The summed E-state index contributed by atoms with van der Waals surface area (Å²) in [5.41, 5.74) is 3.29. The number of aromatic nitrogens is 3. The lowest BCUT2D eigenvalue weighted by Gasteiger charge is -2.05. The third kappa shape index (κ3) is 5.07. The molecule has 0 atom stereocenters. The van der Waals surface area contributed by atoms with Gasteiger partial charge in [-0.05, 0) is 28.8 Å². The van der Waals surface area contributed by atoms with Gasteiger partial charge in [-0.3, -0.25) is 0 Å². The van der Waals surface area contributed by atoms with Crippen LogP contribution in [0.15, 0.2) is 54.7 Å². The van der Waals surface area contributed by atoms with E-state index in [1.165, 1.54) is 0 Å². The van der Waals surface area contributed by atoms with Crippen molar-refractivity contribution in [3.8, 4) is 17.0 Å². The molecule has 1 heterocycles. The van der Waals surface area contributed by atoms with Crippen molar-refractivity contribution in [1.82, 2.24) is 15.4 Å². The van der Waals surface area contributed by atoms with Gasteiger partial charge in [0.2, 0.25) is 0 Å². The molecule has 3 rings (SSSR count). The monoisotopic (exact) mass is 329 g/mol. The molecule has 0 aliphatic carbocycles. The van der Waals surface area contributed by atoms with Gasteiger partial charge in [-0.2, -0.15) is 19.9 Å². The molecule has 0 fully saturated rings. The van der Waals surface area contributed by atoms with E-state index in [4.69, 9.17) is 25.9 Å². The molecule has 7 heteroatoms. The normalized spacial score (nSPS) is 9.43. The van der Waals surface area contributed by atoms with Crippen LogP contribution >= 0.6 is 11.6 Å². The largest absolute Gasteiger partial charge is 0.471 e. The molecule has 116 valence electrons. The van der Waals surface area contributed by atoms with Crippen LogP contribution < -0.4 is 4.74 Å². The van der Waals surface area contributed by atoms with E-state index in [2.05, 4.69) is 15.4 Å². The summed E-state index contributed by atoms with van der Waals surface area (Å²) in [6.07, 6.45) is 1.79. The van der Waals surface area contributed by atoms with E-state index < -0.39 is 0 Å². The molecule has 0 unspecified atom stereocenters. The molecule has 1 N–H and O–H groups in total. The molecule has 0 aliphatic heterocycles. The van der Waals surface area contributed by atoms with Gasteiger partial charge in [-0.15, -0.1) is 5.10 Å². The molecule has 2 aromatic carbocycles. The number of halogens is 1. The molecule has 23 heavy (non-hydrogen) atoms. The molecule has 1 aromatic heterocycles. The average molecular weight is 330 g/mol. The summed E-state index contributed by atoms with van der Waals surface area (Å²) >= 11 is 6.00. The Kier molecular flexibility index (Phi) is 6.06. The fourth-order valence-electron chi connectivity index (χ4n) is 1.88. The number of nitrogens with one attached hydrogen (secondary N) is 1. The fourth-order valence-corrected chi connectivity index (χ4v) is 2.07. The Hall–Kier alpha value is -2.95. The van der Waals surface area contributed by atoms with Gasteiger partial charge in [0.15, 0.2) is 0 Å². The maximum absolute atomic E-state index is 8.12. The SMILES string of the molecule is Clc1cccc(-c2ccc(COc3cn[nH]n3)cc2)c1.O=C=O. The zero-order valence-corrected chi connectivity index (χ0v) is 12.7. The highest BCUT2D eigenvalue weighted by atomic mass is 35.5. The smallest absolute Gasteiger partial charge is 0.373 e. The number of hydrogen-bond acceptors (Lipinski definition) is 5. The quantitative estimate of drug-likeness (QED) is 0.795. The summed E-state index contributed by atoms with van der Waals surface area (Å²) in [4.78, 5) is 16.2. The highest BCUT2D eigenvalue weighted by molar-refractivity contribution is 6.30. The van der Waals surface area contributed by atoms with Crippen LogP contribution in [0.3, 0.4) is 0 Å². The lowest BCUT2D eigenvalue weighted by atomic mass is 10.0. The standard InChI is InChI=1S/C15H12ClN3O.CO2/c16-14-3-1-2-13(8-14)12-6-4-11(5-7-12)10-20-15-9-17-19-18-15;2-1-3/h1-9H,10H2,(H,17,18,19);. The van der Waals surface area contributed by atoms with Crippen LogP contribution in [0.25, 0.3) is 11.1 Å². The molecule has 0 bridgehead atoms. The molecule has 6 nitrogen and oxygen atoms in total. The molecule has 0 radical (unpaired) electrons. The van der Waals surface area contributed by atoms with Crippen molar-refractivity contribution < 1.29 is 14.3 Å². The van der Waals surface area contributed by atoms with Crippen molar-refractivity contribution in [3.63, 3.8) is 0 Å². The van der Waals surface area contributed by atoms with Crippen LogP contribution in [0.5, 0.6) is 5.88 Å². The Morgan fingerprint density at radius 3 is 2.43 bits per heavy atom. The minimum Gasteiger partial charge on any atom is -0.471 e. The van der Waals surface area contributed by atoms with E-state index in [1.807, 2.05) is 48.5 Å². The Bertz CT molecular complexity index is 768. The van der Waals surface area contributed by atoms with E-state index >= 15 is 0 Å². The van der Waals surface area contributed by atoms with Gasteiger partial charge in [0.25, 0.3) is 5.88 Å². The number of H-pyrrole nitrogens is 1. The fraction of sp³-hybridized carbons (Fsp3) is 0.0625. The molecule has 0 aliphatic rings. The van der Waals surface area contributed by atoms with Gasteiger partial charge >= 0.3 is 6.15 Å². The second-order valence-corrected chi connectivity index (χ2v) is 4.82. The number of carbonyl (C=O) groups excluding carboxylic acids is 2. The van der Waals surface area contributed by atoms with E-state index in [0.29, 0.717) is 12.5 Å². The second-order valence-electron chi connectivity index (χ2n) is 4.39. The van der Waals surface area contributed by atoms with Gasteiger partial charge in [0, 0.05) is 5.02 Å². The van der Waals surface area contributed by atoms with Crippen LogP contribution in [0.4, 0.5) is 0 Å². The van der Waals surface area contributed by atoms with Crippen LogP contribution in [0.1, 0.15) is 5.56 Å². The van der Waals surface area contributed by atoms with Crippen molar-refractivity contribution in [1.29, 1.82) is 0 Å². The first-order valence-electron chi connectivity index (χ1n) is 6.55. The summed E-state index contributed by atoms with van der Waals surface area (Å²) in [5.74, 6) is 0.490. The number of benzene rings is 2. The van der Waals surface area contributed by atoms with Crippen LogP contribution in [0, 0.1) is 0 Å². The van der Waals surface area contributed by atoms with E-state index in [-0.39, 0.29) is 6.15 Å². The average Bonchev–Trinajstić information content (AvgIpc) is 3.08. The third-order valence-corrected chi connectivity index (χ3v) is 3.13. The predicted octanol–water partition coefficient (Wildman–Crippen LogP) is 3.12. The third-order valence-electron chi connectivity index (χ3n) is 2.89. The van der Waals surface area contributed by atoms with Gasteiger partial charge in [0.05, 0.1) is 0 Å². The Morgan fingerprint density at radius 2 is 1.83 bits per heavy atom. The van der Waals surface area contributed by atoms with Crippen molar-refractivity contribution in [3.05, 3.63) is 65.3 Å². The second kappa shape index (κ2) is 8.48. The lowest BCUT2D eigenvalue weighted by Crippen LogP contribution is -1.95. The van der Waals surface area contributed by atoms with Gasteiger partial charge < -0.3 is 4.74 Å². The van der Waals surface area contributed by atoms with Gasteiger partial charge in [0.1, 0.15) is 12.8 Å². The summed E-state index contributed by atoms with van der Waals surface area (Å²) < 4.78 is 5.47. The Morgan fingerprint density at radius 1 is 1.09 bits per heavy atom. The van der Waals surface area contributed by atoms with Crippen LogP contribution in [-0.2, 0) is 16.2 Å². The first-order valence-corrected chi connectivity index (χ1v) is 6.93. The Balaban J connectivity index is 0.000000595. The summed E-state index contributed by atoms with van der Waals surface area (Å²) in [7, 11) is 0. The molecule has 3 aromatic rings. The van der Waals surface area contributed by atoms with Crippen molar-refractivity contribution >= 4 is 17.8 Å². The minimum atomic E-state index is 0.250. The van der Waals surface area contributed by atoms with E-state index in [9.17, 15) is 0 Å². The first-order chi connectivity index (χ1) is 11.2. The van der Waals surface area contributed by atoms with E-state index in [1.54, 1.807) is 6.20 Å². The topological polar surface area (TPSA) is 84.9 Å². The number of aromatic amines is 1. The first kappa shape index (κ1) is 16.4. The number of hydrogen-bond donors (Lipinski definition) is 1. The maximum Gasteiger partial charge on any atom is 0.373 e. The summed E-state index contributed by atoms with van der Waals surface area (Å²) in [6, 6.07) is 15.9. The highest BCUT2D eigenvalue weighted by Crippen LogP contribution is 2.23. The number of nitrogens with zero attached hydrogens (tertiary/aromatic N) is 2. The molecular weight excluding hydrogens is 318 g/mol. The highest BCUT2D eigenvalue weighted by Gasteiger charge is 2.01. The number of rotatable bonds is 4. The van der Waals surface area contributed by atoms with Gasteiger partial charge in [-0.1, -0.05) is 48.0 Å². The summed E-state index contributed by atoms with van der Waals surface area (Å²) in [6.45, 7) is 0.461. The molecular formula is C16H12ClN3O3. The van der Waals surface area contributed by atoms with Crippen molar-refractivity contribution in [2.24, 2.45) is 0 Å². The summed E-state index contributed by atoms with van der Waals surface area (Å²) in [5, 5.41) is 10.8. The van der Waals surface area contributed by atoms with Crippen LogP contribution in [-0.4, -0.2) is 21.6 Å². The predicted molar refractivity (Wildman–Crippen MR) is 82.6 cm³/mol. The van der Waals surface area contributed by atoms with Gasteiger partial charge in [-0.25, -0.2) is 0 Å². The zero-order valence-electron chi connectivity index (χ0n) is 11.9. The molecule has 0 saturated carbocycles. The minimum absolute atomic E-state index is 0.250. The van der Waals surface area contributed by atoms with E-state index in [0.717, 1.165) is 21.7 Å². The molecule has 0 amide bonds. The zero-order chi connectivity index (χ0) is 16.5. The maximum atomic E-state index is 8.12. The number of ether oxygens (including phenoxy) is 1. The van der Waals surface area contributed by atoms with Crippen molar-refractivity contribution in [2.75, 3.05) is 0 Å². The molecule has 0 spiro atoms. The Labute approximate surface area is 137 Å².